The highest BCUT2D eigenvalue weighted by Crippen LogP contribution is 2.19. The van der Waals surface area contributed by atoms with Gasteiger partial charge in [0, 0.05) is 0 Å². The highest BCUT2D eigenvalue weighted by atomic mass is 32.2. The van der Waals surface area contributed by atoms with Gasteiger partial charge in [-0.05, 0) is 24.3 Å². The van der Waals surface area contributed by atoms with Gasteiger partial charge in [0.25, 0.3) is 0 Å². The Morgan fingerprint density at radius 2 is 0.947 bits per heavy atom. The molecule has 6 heteroatoms. The van der Waals surface area contributed by atoms with Crippen molar-refractivity contribution in [2.45, 2.75) is 9.79 Å². The molecule has 0 radical (unpaired) electrons. The molecule has 2 aromatic carbocycles. The lowest BCUT2D eigenvalue weighted by atomic mass is 10.3. The lowest BCUT2D eigenvalue weighted by molar-refractivity contribution is 0.368. The molecule has 0 saturated heterocycles. The third-order valence-electron chi connectivity index (χ3n) is 2.19. The summed E-state index contributed by atoms with van der Waals surface area (Å²) in [6.45, 7) is 0. The zero-order valence-electron chi connectivity index (χ0n) is 10.3. The first-order chi connectivity index (χ1) is 8.88. The molecule has 2 aromatic rings. The van der Waals surface area contributed by atoms with Crippen molar-refractivity contribution >= 4 is 18.1 Å². The molecule has 0 aliphatic heterocycles. The Morgan fingerprint density at radius 3 is 1.21 bits per heavy atom. The fraction of sp³-hybridized carbons (Fsp3) is 0.0769. The van der Waals surface area contributed by atoms with Gasteiger partial charge in [0.15, 0.2) is 9.79 Å². The van der Waals surface area contributed by atoms with Gasteiger partial charge in [-0.3, -0.25) is 0 Å². The number of benzene rings is 2. The van der Waals surface area contributed by atoms with Crippen molar-refractivity contribution < 1.29 is 17.3 Å². The standard InChI is InChI=1S/C13H13S.BF4/c1-14(12-8-4-2-5-9-12)13-10-6-3-7-11-13;2-1(3,4)5/h2-11H,1H3;/q+1;-1. The molecule has 0 unspecified atom stereocenters. The van der Waals surface area contributed by atoms with Crippen molar-refractivity contribution in [3.63, 3.8) is 0 Å². The summed E-state index contributed by atoms with van der Waals surface area (Å²) in [5, 5.41) is 0. The Bertz CT molecular complexity index is 428. The smallest absolute Gasteiger partial charge is 0.418 e. The number of hydrogen-bond acceptors (Lipinski definition) is 0. The molecule has 0 aliphatic carbocycles. The van der Waals surface area contributed by atoms with Crippen LogP contribution in [0, 0.1) is 0 Å². The molecule has 0 heterocycles. The molecule has 0 atom stereocenters. The maximum Gasteiger partial charge on any atom is 0.673 e. The van der Waals surface area contributed by atoms with Crippen molar-refractivity contribution in [1.82, 2.24) is 0 Å². The van der Waals surface area contributed by atoms with Gasteiger partial charge in [-0.25, -0.2) is 0 Å². The molecule has 0 saturated carbocycles. The predicted molar refractivity (Wildman–Crippen MR) is 72.9 cm³/mol. The normalized spacial score (nSPS) is 10.8. The number of halogens is 4. The maximum atomic E-state index is 9.75. The van der Waals surface area contributed by atoms with Crippen LogP contribution in [0.1, 0.15) is 0 Å². The van der Waals surface area contributed by atoms with Gasteiger partial charge in [-0.1, -0.05) is 36.4 Å². The Morgan fingerprint density at radius 1 is 0.684 bits per heavy atom. The van der Waals surface area contributed by atoms with Crippen LogP contribution in [0.15, 0.2) is 70.5 Å². The van der Waals surface area contributed by atoms with Crippen LogP contribution in [0.3, 0.4) is 0 Å². The van der Waals surface area contributed by atoms with E-state index in [4.69, 9.17) is 0 Å². The van der Waals surface area contributed by atoms with Gasteiger partial charge < -0.3 is 17.3 Å². The lowest BCUT2D eigenvalue weighted by Crippen LogP contribution is -2.02. The van der Waals surface area contributed by atoms with Gasteiger partial charge in [-0.2, -0.15) is 0 Å². The van der Waals surface area contributed by atoms with Crippen LogP contribution < -0.4 is 0 Å². The molecule has 0 N–H and O–H groups in total. The molecular formula is C13H13BF4S. The average Bonchev–Trinajstić information content (AvgIpc) is 2.38. The highest BCUT2D eigenvalue weighted by Gasteiger charge is 2.20. The Hall–Kier alpha value is -1.43. The van der Waals surface area contributed by atoms with E-state index in [0.717, 1.165) is 0 Å². The molecule has 0 fully saturated rings. The van der Waals surface area contributed by atoms with Crippen LogP contribution in [-0.2, 0) is 10.9 Å². The summed E-state index contributed by atoms with van der Waals surface area (Å²) in [5.41, 5.74) is 0. The summed E-state index contributed by atoms with van der Waals surface area (Å²) >= 11 is 0. The molecule has 0 aliphatic rings. The third-order valence-corrected chi connectivity index (χ3v) is 4.15. The fourth-order valence-corrected chi connectivity index (χ4v) is 2.79. The summed E-state index contributed by atoms with van der Waals surface area (Å²) in [4.78, 5) is 2.80. The second-order valence-electron chi connectivity index (χ2n) is 3.63. The molecule has 0 bridgehead atoms. The van der Waals surface area contributed by atoms with Crippen molar-refractivity contribution in [2.75, 3.05) is 6.26 Å². The Kier molecular flexibility index (Phi) is 5.95. The molecule has 0 amide bonds. The third kappa shape index (κ3) is 6.91. The molecule has 2 rings (SSSR count). The quantitative estimate of drug-likeness (QED) is 0.428. The van der Waals surface area contributed by atoms with Crippen LogP contribution in [0.5, 0.6) is 0 Å². The van der Waals surface area contributed by atoms with Gasteiger partial charge in [-0.15, -0.1) is 0 Å². The van der Waals surface area contributed by atoms with Crippen LogP contribution in [0.25, 0.3) is 0 Å². The van der Waals surface area contributed by atoms with E-state index in [0.29, 0.717) is 0 Å². The molecule has 0 spiro atoms. The second-order valence-corrected chi connectivity index (χ2v) is 5.59. The van der Waals surface area contributed by atoms with Crippen LogP contribution in [0.2, 0.25) is 0 Å². The molecule has 19 heavy (non-hydrogen) atoms. The van der Waals surface area contributed by atoms with Crippen molar-refractivity contribution in [3.05, 3.63) is 60.7 Å². The summed E-state index contributed by atoms with van der Waals surface area (Å²) in [7, 11) is -5.80. The maximum absolute atomic E-state index is 9.75. The van der Waals surface area contributed by atoms with E-state index < -0.39 is 7.25 Å². The monoisotopic (exact) mass is 288 g/mol. The zero-order valence-corrected chi connectivity index (χ0v) is 11.1. The number of hydrogen-bond donors (Lipinski definition) is 0. The molecule has 0 nitrogen and oxygen atoms in total. The average molecular weight is 288 g/mol. The van der Waals surface area contributed by atoms with Gasteiger partial charge >= 0.3 is 7.25 Å². The van der Waals surface area contributed by atoms with E-state index in [1.807, 2.05) is 0 Å². The van der Waals surface area contributed by atoms with E-state index in [-0.39, 0.29) is 10.9 Å². The minimum Gasteiger partial charge on any atom is -0.418 e. The van der Waals surface area contributed by atoms with E-state index in [2.05, 4.69) is 66.9 Å². The number of rotatable bonds is 2. The van der Waals surface area contributed by atoms with Crippen molar-refractivity contribution in [3.8, 4) is 0 Å². The van der Waals surface area contributed by atoms with E-state index >= 15 is 0 Å². The SMILES string of the molecule is C[S+](c1ccccc1)c1ccccc1.F[B-](F)(F)F. The first-order valence-electron chi connectivity index (χ1n) is 5.51. The fourth-order valence-electron chi connectivity index (χ4n) is 1.39. The summed E-state index contributed by atoms with van der Waals surface area (Å²) in [5.74, 6) is 0. The van der Waals surface area contributed by atoms with Crippen LogP contribution >= 0.6 is 0 Å². The van der Waals surface area contributed by atoms with Gasteiger partial charge in [0.05, 0.1) is 10.9 Å². The van der Waals surface area contributed by atoms with Crippen LogP contribution in [-0.4, -0.2) is 13.5 Å². The minimum absolute atomic E-state index is 0.203. The lowest BCUT2D eigenvalue weighted by Gasteiger charge is -2.00. The first-order valence-corrected chi connectivity index (χ1v) is 7.14. The zero-order chi connectivity index (χ0) is 14.3. The summed E-state index contributed by atoms with van der Waals surface area (Å²) in [6.07, 6.45) is 2.27. The van der Waals surface area contributed by atoms with Crippen molar-refractivity contribution in [1.29, 1.82) is 0 Å². The van der Waals surface area contributed by atoms with Crippen LogP contribution in [0.4, 0.5) is 17.3 Å². The molecule has 0 aromatic heterocycles. The van der Waals surface area contributed by atoms with E-state index in [1.54, 1.807) is 0 Å². The van der Waals surface area contributed by atoms with E-state index in [1.165, 1.54) is 9.79 Å². The Balaban J connectivity index is 0.000000312. The largest absolute Gasteiger partial charge is 0.673 e. The van der Waals surface area contributed by atoms with Gasteiger partial charge in [0.2, 0.25) is 0 Å². The minimum atomic E-state index is -6.00. The highest BCUT2D eigenvalue weighted by molar-refractivity contribution is 7.96. The second kappa shape index (κ2) is 7.23. The van der Waals surface area contributed by atoms with Gasteiger partial charge in [0.1, 0.15) is 6.26 Å². The topological polar surface area (TPSA) is 0 Å². The summed E-state index contributed by atoms with van der Waals surface area (Å²) < 4.78 is 39.0. The van der Waals surface area contributed by atoms with E-state index in [9.17, 15) is 17.3 Å². The first kappa shape index (κ1) is 15.6. The summed E-state index contributed by atoms with van der Waals surface area (Å²) in [6, 6.07) is 21.3. The van der Waals surface area contributed by atoms with Crippen molar-refractivity contribution in [2.24, 2.45) is 0 Å². The molecular weight excluding hydrogens is 275 g/mol. The Labute approximate surface area is 112 Å². The molecule has 102 valence electrons. The predicted octanol–water partition coefficient (Wildman–Crippen LogP) is 4.65.